The van der Waals surface area contributed by atoms with Crippen LogP contribution in [0.3, 0.4) is 0 Å². The number of benzene rings is 2. The third-order valence-corrected chi connectivity index (χ3v) is 5.39. The van der Waals surface area contributed by atoms with Crippen LogP contribution in [0.4, 0.5) is 20.2 Å². The number of hydrogen-bond acceptors (Lipinski definition) is 3. The molecule has 0 saturated carbocycles. The molecule has 142 valence electrons. The van der Waals surface area contributed by atoms with Crippen LogP contribution >= 0.6 is 11.8 Å². The van der Waals surface area contributed by atoms with Gasteiger partial charge in [-0.2, -0.15) is 0 Å². The number of carbonyl (C=O) groups is 2. The molecule has 0 radical (unpaired) electrons. The van der Waals surface area contributed by atoms with Crippen molar-refractivity contribution in [2.24, 2.45) is 5.41 Å². The minimum Gasteiger partial charge on any atom is -0.325 e. The molecule has 1 unspecified atom stereocenters. The Labute approximate surface area is 160 Å². The Morgan fingerprint density at radius 1 is 1.19 bits per heavy atom. The van der Waals surface area contributed by atoms with E-state index in [1.165, 1.54) is 22.7 Å². The number of amides is 2. The van der Waals surface area contributed by atoms with Crippen LogP contribution in [-0.2, 0) is 9.59 Å². The second-order valence-corrected chi connectivity index (χ2v) is 8.38. The summed E-state index contributed by atoms with van der Waals surface area (Å²) in [5.41, 5.74) is 0.689. The van der Waals surface area contributed by atoms with Gasteiger partial charge < -0.3 is 5.32 Å². The van der Waals surface area contributed by atoms with E-state index in [-0.39, 0.29) is 23.3 Å². The van der Waals surface area contributed by atoms with Crippen LogP contribution in [0.25, 0.3) is 0 Å². The summed E-state index contributed by atoms with van der Waals surface area (Å²) in [6.07, 6.45) is 0. The van der Waals surface area contributed by atoms with Crippen LogP contribution in [-0.4, -0.2) is 17.6 Å². The first-order valence-electron chi connectivity index (χ1n) is 8.47. The predicted molar refractivity (Wildman–Crippen MR) is 104 cm³/mol. The minimum absolute atomic E-state index is 0.0216. The summed E-state index contributed by atoms with van der Waals surface area (Å²) in [5.74, 6) is -1.77. The third kappa shape index (κ3) is 3.98. The summed E-state index contributed by atoms with van der Waals surface area (Å²) in [4.78, 5) is 26.2. The lowest BCUT2D eigenvalue weighted by molar-refractivity contribution is -0.123. The zero-order valence-corrected chi connectivity index (χ0v) is 16.1. The van der Waals surface area contributed by atoms with E-state index in [4.69, 9.17) is 0 Å². The minimum atomic E-state index is -0.799. The van der Waals surface area contributed by atoms with Crippen molar-refractivity contribution in [3.05, 3.63) is 59.7 Å². The van der Waals surface area contributed by atoms with Crippen LogP contribution in [0.15, 0.2) is 42.5 Å². The predicted octanol–water partition coefficient (Wildman–Crippen LogP) is 4.73. The van der Waals surface area contributed by atoms with Crippen LogP contribution in [0.2, 0.25) is 0 Å². The van der Waals surface area contributed by atoms with Crippen LogP contribution in [0.5, 0.6) is 0 Å². The average Bonchev–Trinajstić information content (AvgIpc) is 2.96. The average molecular weight is 390 g/mol. The van der Waals surface area contributed by atoms with Gasteiger partial charge in [-0.25, -0.2) is 8.78 Å². The van der Waals surface area contributed by atoms with E-state index >= 15 is 0 Å². The maximum atomic E-state index is 14.3. The Morgan fingerprint density at radius 3 is 2.56 bits per heavy atom. The molecule has 2 aromatic carbocycles. The number of carbonyl (C=O) groups excluding carboxylic acids is 2. The molecule has 0 bridgehead atoms. The maximum Gasteiger partial charge on any atom is 0.238 e. The van der Waals surface area contributed by atoms with E-state index < -0.39 is 22.4 Å². The molecular formula is C20H20F2N2O2S. The summed E-state index contributed by atoms with van der Waals surface area (Å²) in [7, 11) is 0. The fraction of sp³-hybridized carbons (Fsp3) is 0.300. The molecule has 1 aliphatic rings. The molecule has 1 aliphatic heterocycles. The van der Waals surface area contributed by atoms with Crippen molar-refractivity contribution in [1.82, 2.24) is 0 Å². The second kappa shape index (κ2) is 7.31. The number of nitrogens with zero attached hydrogens (tertiary/aromatic N) is 1. The molecule has 4 nitrogen and oxygen atoms in total. The van der Waals surface area contributed by atoms with Crippen molar-refractivity contribution in [2.75, 3.05) is 16.0 Å². The molecule has 1 fully saturated rings. The van der Waals surface area contributed by atoms with Crippen molar-refractivity contribution >= 4 is 35.0 Å². The maximum absolute atomic E-state index is 14.3. The summed E-state index contributed by atoms with van der Waals surface area (Å²) in [6.45, 7) is 5.41. The molecule has 0 aliphatic carbocycles. The van der Waals surface area contributed by atoms with E-state index in [1.807, 2.05) is 0 Å². The summed E-state index contributed by atoms with van der Waals surface area (Å²) < 4.78 is 27.6. The largest absolute Gasteiger partial charge is 0.325 e. The van der Waals surface area contributed by atoms with Gasteiger partial charge in [0.05, 0.1) is 11.4 Å². The SMILES string of the molecule is CC(C)(C)C(=O)Nc1ccccc1C1SCC(=O)N1c1ccc(F)cc1F. The molecule has 1 N–H and O–H groups in total. The monoisotopic (exact) mass is 390 g/mol. The molecule has 2 amide bonds. The Balaban J connectivity index is 2.00. The topological polar surface area (TPSA) is 49.4 Å². The van der Waals surface area contributed by atoms with E-state index in [2.05, 4.69) is 5.32 Å². The Morgan fingerprint density at radius 2 is 1.89 bits per heavy atom. The number of para-hydroxylation sites is 1. The van der Waals surface area contributed by atoms with Crippen molar-refractivity contribution in [3.63, 3.8) is 0 Å². The number of hydrogen-bond donors (Lipinski definition) is 1. The zero-order chi connectivity index (χ0) is 19.8. The Hall–Kier alpha value is -2.41. The van der Waals surface area contributed by atoms with Crippen molar-refractivity contribution in [1.29, 1.82) is 0 Å². The quantitative estimate of drug-likeness (QED) is 0.824. The van der Waals surface area contributed by atoms with Crippen LogP contribution in [0.1, 0.15) is 31.7 Å². The van der Waals surface area contributed by atoms with Gasteiger partial charge in [0.2, 0.25) is 11.8 Å². The molecular weight excluding hydrogens is 370 g/mol. The second-order valence-electron chi connectivity index (χ2n) is 7.31. The number of rotatable bonds is 3. The molecule has 3 rings (SSSR count). The first-order valence-corrected chi connectivity index (χ1v) is 9.52. The van der Waals surface area contributed by atoms with Crippen molar-refractivity contribution < 1.29 is 18.4 Å². The third-order valence-electron chi connectivity index (χ3n) is 4.19. The lowest BCUT2D eigenvalue weighted by Crippen LogP contribution is -2.31. The van der Waals surface area contributed by atoms with E-state index in [1.54, 1.807) is 45.0 Å². The normalized spacial score (nSPS) is 17.3. The highest BCUT2D eigenvalue weighted by atomic mass is 32.2. The first kappa shape index (κ1) is 19.4. The summed E-state index contributed by atoms with van der Waals surface area (Å²) >= 11 is 1.33. The molecule has 1 atom stereocenters. The smallest absolute Gasteiger partial charge is 0.238 e. The molecule has 2 aromatic rings. The molecule has 0 aromatic heterocycles. The standard InChI is InChI=1S/C20H20F2N2O2S/c1-20(2,3)19(26)23-15-7-5-4-6-13(15)18-24(17(25)11-27-18)16-9-8-12(21)10-14(16)22/h4-10,18H,11H2,1-3H3,(H,23,26). The van der Waals surface area contributed by atoms with Gasteiger partial charge in [0.1, 0.15) is 17.0 Å². The van der Waals surface area contributed by atoms with Gasteiger partial charge in [0.25, 0.3) is 0 Å². The van der Waals surface area contributed by atoms with Gasteiger partial charge in [0.15, 0.2) is 0 Å². The summed E-state index contributed by atoms with van der Waals surface area (Å²) in [5, 5.41) is 2.37. The molecule has 0 spiro atoms. The van der Waals surface area contributed by atoms with E-state index in [9.17, 15) is 18.4 Å². The number of thioether (sulfide) groups is 1. The highest BCUT2D eigenvalue weighted by Crippen LogP contribution is 2.45. The van der Waals surface area contributed by atoms with Gasteiger partial charge in [-0.3, -0.25) is 14.5 Å². The van der Waals surface area contributed by atoms with Crippen LogP contribution < -0.4 is 10.2 Å². The Kier molecular flexibility index (Phi) is 5.24. The van der Waals surface area contributed by atoms with Gasteiger partial charge in [-0.15, -0.1) is 11.8 Å². The fourth-order valence-electron chi connectivity index (χ4n) is 2.73. The molecule has 27 heavy (non-hydrogen) atoms. The zero-order valence-electron chi connectivity index (χ0n) is 15.3. The molecule has 1 heterocycles. The number of nitrogens with one attached hydrogen (secondary N) is 1. The summed E-state index contributed by atoms with van der Waals surface area (Å²) in [6, 6.07) is 10.3. The first-order chi connectivity index (χ1) is 12.7. The van der Waals surface area contributed by atoms with E-state index in [0.29, 0.717) is 11.3 Å². The van der Waals surface area contributed by atoms with Crippen LogP contribution in [0, 0.1) is 17.0 Å². The van der Waals surface area contributed by atoms with Crippen molar-refractivity contribution in [2.45, 2.75) is 26.1 Å². The van der Waals surface area contributed by atoms with Gasteiger partial charge >= 0.3 is 0 Å². The fourth-order valence-corrected chi connectivity index (χ4v) is 3.93. The Bertz CT molecular complexity index is 896. The van der Waals surface area contributed by atoms with Gasteiger partial charge in [0, 0.05) is 22.7 Å². The number of anilines is 2. The van der Waals surface area contributed by atoms with E-state index in [0.717, 1.165) is 12.1 Å². The lowest BCUT2D eigenvalue weighted by Gasteiger charge is -2.27. The highest BCUT2D eigenvalue weighted by molar-refractivity contribution is 8.00. The van der Waals surface area contributed by atoms with Gasteiger partial charge in [-0.05, 0) is 18.2 Å². The van der Waals surface area contributed by atoms with Gasteiger partial charge in [-0.1, -0.05) is 39.0 Å². The van der Waals surface area contributed by atoms with Crippen molar-refractivity contribution in [3.8, 4) is 0 Å². The number of halogens is 2. The molecule has 1 saturated heterocycles. The highest BCUT2D eigenvalue weighted by Gasteiger charge is 2.37. The molecule has 7 heteroatoms. The lowest BCUT2D eigenvalue weighted by atomic mass is 9.95.